The molecule has 0 atom stereocenters. The number of carbonyl (C=O) groups is 2. The maximum atomic E-state index is 12.6. The number of para-hydroxylation sites is 2. The minimum Gasteiger partial charge on any atom is -0.492 e. The zero-order chi connectivity index (χ0) is 23.1. The Morgan fingerprint density at radius 3 is 2.31 bits per heavy atom. The monoisotopic (exact) mass is 437 g/mol. The highest BCUT2D eigenvalue weighted by molar-refractivity contribution is 5.93. The molecule has 1 heterocycles. The van der Waals surface area contributed by atoms with Gasteiger partial charge in [0.15, 0.2) is 0 Å². The van der Waals surface area contributed by atoms with Crippen molar-refractivity contribution >= 4 is 17.6 Å². The van der Waals surface area contributed by atoms with Crippen LogP contribution in [0.25, 0.3) is 5.69 Å². The molecule has 32 heavy (non-hydrogen) atoms. The lowest BCUT2D eigenvalue weighted by atomic mass is 10.2. The highest BCUT2D eigenvalue weighted by Crippen LogP contribution is 2.20. The number of anilines is 1. The van der Waals surface area contributed by atoms with Gasteiger partial charge in [-0.05, 0) is 50.2 Å². The number of esters is 1. The van der Waals surface area contributed by atoms with Crippen LogP contribution in [0.4, 0.5) is 5.69 Å². The fourth-order valence-electron chi connectivity index (χ4n) is 3.02. The summed E-state index contributed by atoms with van der Waals surface area (Å²) in [7, 11) is 0. The number of benzene rings is 2. The number of aromatic nitrogens is 2. The number of hydrogen-bond acceptors (Lipinski definition) is 6. The Labute approximate surface area is 183 Å². The normalized spacial score (nSPS) is 10.4. The fourth-order valence-corrected chi connectivity index (χ4v) is 3.02. The van der Waals surface area contributed by atoms with E-state index in [1.807, 2.05) is 6.92 Å². The van der Waals surface area contributed by atoms with Crippen LogP contribution in [0.15, 0.2) is 70.5 Å². The van der Waals surface area contributed by atoms with Crippen LogP contribution in [0.3, 0.4) is 0 Å². The van der Waals surface area contributed by atoms with Gasteiger partial charge in [-0.1, -0.05) is 12.1 Å². The number of nitrogens with one attached hydrogen (secondary N) is 1. The predicted octanol–water partition coefficient (Wildman–Crippen LogP) is 2.21. The Kier molecular flexibility index (Phi) is 7.22. The van der Waals surface area contributed by atoms with Crippen molar-refractivity contribution in [2.45, 2.75) is 20.4 Å². The first-order valence-electron chi connectivity index (χ1n) is 10.1. The highest BCUT2D eigenvalue weighted by Gasteiger charge is 2.13. The molecule has 9 heteroatoms. The molecule has 0 aliphatic carbocycles. The molecule has 0 aliphatic rings. The maximum Gasteiger partial charge on any atom is 0.338 e. The Morgan fingerprint density at radius 1 is 0.906 bits per heavy atom. The number of rotatable bonds is 8. The van der Waals surface area contributed by atoms with Crippen molar-refractivity contribution in [3.05, 3.63) is 87.2 Å². The molecule has 0 saturated heterocycles. The molecule has 2 aromatic carbocycles. The molecule has 3 rings (SSSR count). The number of hydrogen-bond donors (Lipinski definition) is 1. The van der Waals surface area contributed by atoms with Crippen LogP contribution < -0.4 is 21.2 Å². The summed E-state index contributed by atoms with van der Waals surface area (Å²) in [4.78, 5) is 49.3. The average Bonchev–Trinajstić information content (AvgIpc) is 2.78. The molecule has 9 nitrogen and oxygen atoms in total. The molecule has 0 saturated carbocycles. The molecular formula is C23H23N3O6. The summed E-state index contributed by atoms with van der Waals surface area (Å²) < 4.78 is 12.7. The third-order valence-corrected chi connectivity index (χ3v) is 4.48. The van der Waals surface area contributed by atoms with Crippen LogP contribution >= 0.6 is 0 Å². The summed E-state index contributed by atoms with van der Waals surface area (Å²) in [6.45, 7) is 3.86. The van der Waals surface area contributed by atoms with E-state index in [9.17, 15) is 19.2 Å². The van der Waals surface area contributed by atoms with Crippen LogP contribution in [0.1, 0.15) is 24.2 Å². The van der Waals surface area contributed by atoms with E-state index in [1.165, 1.54) is 29.1 Å². The largest absolute Gasteiger partial charge is 0.492 e. The molecule has 166 valence electrons. The van der Waals surface area contributed by atoms with Crippen molar-refractivity contribution in [1.82, 2.24) is 9.13 Å². The van der Waals surface area contributed by atoms with Gasteiger partial charge in [0, 0.05) is 18.1 Å². The van der Waals surface area contributed by atoms with E-state index < -0.39 is 23.0 Å². The molecule has 0 bridgehead atoms. The maximum absolute atomic E-state index is 12.6. The average molecular weight is 437 g/mol. The van der Waals surface area contributed by atoms with E-state index in [4.69, 9.17) is 9.47 Å². The van der Waals surface area contributed by atoms with Crippen molar-refractivity contribution in [3.63, 3.8) is 0 Å². The van der Waals surface area contributed by atoms with Crippen molar-refractivity contribution < 1.29 is 19.1 Å². The number of nitrogens with zero attached hydrogens (tertiary/aromatic N) is 2. The van der Waals surface area contributed by atoms with Crippen LogP contribution in [0.2, 0.25) is 0 Å². The van der Waals surface area contributed by atoms with Gasteiger partial charge in [-0.2, -0.15) is 0 Å². The molecule has 0 spiro atoms. The van der Waals surface area contributed by atoms with E-state index in [0.29, 0.717) is 29.3 Å². The van der Waals surface area contributed by atoms with E-state index in [2.05, 4.69) is 5.32 Å². The molecular weight excluding hydrogens is 414 g/mol. The molecule has 1 aromatic heterocycles. The van der Waals surface area contributed by atoms with E-state index in [-0.39, 0.29) is 13.2 Å². The van der Waals surface area contributed by atoms with E-state index in [1.54, 1.807) is 43.3 Å². The van der Waals surface area contributed by atoms with Gasteiger partial charge in [0.25, 0.3) is 0 Å². The topological polar surface area (TPSA) is 109 Å². The first-order chi connectivity index (χ1) is 15.4. The summed E-state index contributed by atoms with van der Waals surface area (Å²) in [5, 5.41) is 2.63. The lowest BCUT2D eigenvalue weighted by molar-refractivity contribution is -0.116. The Bertz CT molecular complexity index is 1230. The van der Waals surface area contributed by atoms with Crippen LogP contribution in [0.5, 0.6) is 5.75 Å². The fraction of sp³-hybridized carbons (Fsp3) is 0.217. The quantitative estimate of drug-likeness (QED) is 0.428. The van der Waals surface area contributed by atoms with Gasteiger partial charge in [-0.25, -0.2) is 4.79 Å². The summed E-state index contributed by atoms with van der Waals surface area (Å²) in [5.41, 5.74) is -0.403. The number of amides is 1. The third kappa shape index (κ3) is 5.12. The van der Waals surface area contributed by atoms with Crippen molar-refractivity contribution in [1.29, 1.82) is 0 Å². The lowest BCUT2D eigenvalue weighted by Gasteiger charge is -2.13. The third-order valence-electron chi connectivity index (χ3n) is 4.48. The van der Waals surface area contributed by atoms with Crippen molar-refractivity contribution in [3.8, 4) is 11.4 Å². The number of carbonyl (C=O) groups excluding carboxylic acids is 2. The number of ether oxygens (including phenoxy) is 2. The van der Waals surface area contributed by atoms with Gasteiger partial charge in [0.05, 0.1) is 24.5 Å². The van der Waals surface area contributed by atoms with Gasteiger partial charge in [0.2, 0.25) is 5.91 Å². The molecule has 0 fully saturated rings. The molecule has 1 amide bonds. The van der Waals surface area contributed by atoms with E-state index in [0.717, 1.165) is 4.57 Å². The second kappa shape index (κ2) is 10.3. The van der Waals surface area contributed by atoms with Gasteiger partial charge in [-0.3, -0.25) is 23.5 Å². The smallest absolute Gasteiger partial charge is 0.338 e. The van der Waals surface area contributed by atoms with Crippen LogP contribution in [-0.2, 0) is 16.1 Å². The molecule has 0 unspecified atom stereocenters. The first kappa shape index (κ1) is 22.5. The minimum atomic E-state index is -0.841. The second-order valence-corrected chi connectivity index (χ2v) is 6.65. The van der Waals surface area contributed by atoms with Gasteiger partial charge >= 0.3 is 17.1 Å². The summed E-state index contributed by atoms with van der Waals surface area (Å²) in [5.74, 6) is -0.482. The lowest BCUT2D eigenvalue weighted by Crippen LogP contribution is -2.41. The second-order valence-electron chi connectivity index (χ2n) is 6.65. The molecule has 0 aliphatic heterocycles. The van der Waals surface area contributed by atoms with Crippen LogP contribution in [-0.4, -0.2) is 34.2 Å². The Morgan fingerprint density at radius 2 is 1.62 bits per heavy atom. The molecule has 3 aromatic rings. The van der Waals surface area contributed by atoms with Gasteiger partial charge in [0.1, 0.15) is 12.3 Å². The summed E-state index contributed by atoms with van der Waals surface area (Å²) in [6.07, 6.45) is 2.79. The zero-order valence-electron chi connectivity index (χ0n) is 17.7. The Hall–Kier alpha value is -4.14. The molecule has 1 N–H and O–H groups in total. The van der Waals surface area contributed by atoms with Crippen molar-refractivity contribution in [2.75, 3.05) is 18.5 Å². The minimum absolute atomic E-state index is 0.266. The van der Waals surface area contributed by atoms with Crippen LogP contribution in [0, 0.1) is 0 Å². The molecule has 0 radical (unpaired) electrons. The Balaban J connectivity index is 1.75. The first-order valence-corrected chi connectivity index (χ1v) is 10.1. The van der Waals surface area contributed by atoms with Gasteiger partial charge < -0.3 is 14.8 Å². The highest BCUT2D eigenvalue weighted by atomic mass is 16.5. The SMILES string of the molecule is CCOC(=O)c1ccc(NC(=O)Cn2ccn(-c3ccccc3OCC)c(=O)c2=O)cc1. The van der Waals surface area contributed by atoms with Crippen molar-refractivity contribution in [2.24, 2.45) is 0 Å². The standard InChI is InChI=1S/C23H23N3O6/c1-3-31-19-8-6-5-7-18(19)26-14-13-25(21(28)22(26)29)15-20(27)24-17-11-9-16(10-12-17)23(30)32-4-2/h5-14H,3-4,15H2,1-2H3,(H,24,27). The summed E-state index contributed by atoms with van der Waals surface area (Å²) in [6, 6.07) is 13.0. The zero-order valence-corrected chi connectivity index (χ0v) is 17.7. The summed E-state index contributed by atoms with van der Waals surface area (Å²) >= 11 is 0. The van der Waals surface area contributed by atoms with E-state index >= 15 is 0 Å². The van der Waals surface area contributed by atoms with Gasteiger partial charge in [-0.15, -0.1) is 0 Å². The predicted molar refractivity (Wildman–Crippen MR) is 118 cm³/mol.